The smallest absolute Gasteiger partial charge is 0.303 e. The molecule has 0 amide bonds. The van der Waals surface area contributed by atoms with Crippen molar-refractivity contribution in [2.45, 2.75) is 96.8 Å². The summed E-state index contributed by atoms with van der Waals surface area (Å²) in [7, 11) is 0. The minimum atomic E-state index is -0.664. The normalized spacial score (nSPS) is 10.7. The van der Waals surface area contributed by atoms with Crippen LogP contribution in [0.1, 0.15) is 96.8 Å². The van der Waals surface area contributed by atoms with Crippen molar-refractivity contribution >= 4 is 5.97 Å². The molecule has 0 spiro atoms. The largest absolute Gasteiger partial charge is 0.481 e. The summed E-state index contributed by atoms with van der Waals surface area (Å²) in [5.74, 6) is -0.664. The Kier molecular flexibility index (Phi) is 22.0. The Morgan fingerprint density at radius 1 is 0.762 bits per heavy atom. The second-order valence-electron chi connectivity index (χ2n) is 5.73. The van der Waals surface area contributed by atoms with E-state index in [-0.39, 0.29) is 21.1 Å². The Morgan fingerprint density at radius 3 is 1.67 bits per heavy atom. The third-order valence-electron chi connectivity index (χ3n) is 3.65. The maximum Gasteiger partial charge on any atom is 0.303 e. The van der Waals surface area contributed by atoms with Gasteiger partial charge in [-0.3, -0.25) is 4.79 Å². The van der Waals surface area contributed by atoms with Gasteiger partial charge in [-0.2, -0.15) is 0 Å². The molecule has 21 heavy (non-hydrogen) atoms. The van der Waals surface area contributed by atoms with Crippen molar-refractivity contribution in [2.75, 3.05) is 0 Å². The first-order chi connectivity index (χ1) is 9.77. The molecule has 0 saturated carbocycles. The molecule has 0 bridgehead atoms. The fourth-order valence-electron chi connectivity index (χ4n) is 2.35. The van der Waals surface area contributed by atoms with Crippen LogP contribution < -0.4 is 0 Å². The minimum Gasteiger partial charge on any atom is -0.481 e. The molecule has 0 aliphatic heterocycles. The van der Waals surface area contributed by atoms with Gasteiger partial charge >= 0.3 is 5.97 Å². The molecule has 0 aliphatic rings. The van der Waals surface area contributed by atoms with Crippen molar-refractivity contribution in [1.82, 2.24) is 0 Å². The number of hydrogen-bond donors (Lipinski definition) is 1. The Morgan fingerprint density at radius 2 is 1.19 bits per heavy atom. The Bertz CT molecular complexity index is 239. The first-order valence-electron chi connectivity index (χ1n) is 8.64. The molecule has 0 atom stereocenters. The van der Waals surface area contributed by atoms with Gasteiger partial charge in [-0.1, -0.05) is 70.4 Å². The van der Waals surface area contributed by atoms with E-state index in [1.165, 1.54) is 70.6 Å². The number of allylic oxidation sites excluding steroid dienone is 2. The summed E-state index contributed by atoms with van der Waals surface area (Å²) in [5, 5.41) is 8.51. The quantitative estimate of drug-likeness (QED) is 0.212. The number of carboxylic acids is 1. The van der Waals surface area contributed by atoms with Crippen LogP contribution in [0.4, 0.5) is 0 Å². The fourth-order valence-corrected chi connectivity index (χ4v) is 2.35. The molecule has 0 aliphatic carbocycles. The van der Waals surface area contributed by atoms with E-state index in [1.54, 1.807) is 0 Å². The molecule has 1 N–H and O–H groups in total. The fraction of sp³-hybridized carbons (Fsp3) is 0.833. The average Bonchev–Trinajstić information content (AvgIpc) is 2.43. The van der Waals surface area contributed by atoms with Gasteiger partial charge in [0.05, 0.1) is 0 Å². The summed E-state index contributed by atoms with van der Waals surface area (Å²) in [6.45, 7) is 2.26. The van der Waals surface area contributed by atoms with E-state index in [0.717, 1.165) is 12.8 Å². The Labute approximate surface area is 146 Å². The molecule has 0 aromatic carbocycles. The SMILES string of the molecule is CCCCCCCCC=CCCCCCCCC(=O)O.[Mo]. The van der Waals surface area contributed by atoms with E-state index in [0.29, 0.717) is 6.42 Å². The molecule has 0 aromatic rings. The van der Waals surface area contributed by atoms with Gasteiger partial charge in [0.15, 0.2) is 0 Å². The summed E-state index contributed by atoms with van der Waals surface area (Å²) in [5.41, 5.74) is 0. The third-order valence-corrected chi connectivity index (χ3v) is 3.65. The van der Waals surface area contributed by atoms with Gasteiger partial charge in [0, 0.05) is 27.5 Å². The summed E-state index contributed by atoms with van der Waals surface area (Å²) in [6, 6.07) is 0. The molecule has 3 heteroatoms. The second-order valence-corrected chi connectivity index (χ2v) is 5.73. The molecule has 0 saturated heterocycles. The van der Waals surface area contributed by atoms with E-state index in [1.807, 2.05) is 0 Å². The zero-order valence-electron chi connectivity index (χ0n) is 13.8. The van der Waals surface area contributed by atoms with Gasteiger partial charge in [-0.25, -0.2) is 0 Å². The van der Waals surface area contributed by atoms with Crippen molar-refractivity contribution < 1.29 is 31.0 Å². The minimum absolute atomic E-state index is 0. The van der Waals surface area contributed by atoms with Crippen LogP contribution in [0.3, 0.4) is 0 Å². The Balaban J connectivity index is 0. The second kappa shape index (κ2) is 19.9. The molecular formula is C18H34MoO2. The zero-order chi connectivity index (χ0) is 14.9. The standard InChI is InChI=1S/C18H34O2.Mo/c1-2-3-4-5-6-7-8-9-10-11-12-13-14-15-16-17-18(19)20;/h9-10H,2-8,11-17H2,1H3,(H,19,20);. The number of carbonyl (C=O) groups is 1. The van der Waals surface area contributed by atoms with Crippen LogP contribution in [0.25, 0.3) is 0 Å². The average molecular weight is 378 g/mol. The van der Waals surface area contributed by atoms with E-state index >= 15 is 0 Å². The molecule has 0 unspecified atom stereocenters. The van der Waals surface area contributed by atoms with Crippen molar-refractivity contribution in [3.63, 3.8) is 0 Å². The maximum atomic E-state index is 10.3. The molecule has 0 fully saturated rings. The number of hydrogen-bond acceptors (Lipinski definition) is 1. The van der Waals surface area contributed by atoms with Crippen molar-refractivity contribution in [2.24, 2.45) is 0 Å². The summed E-state index contributed by atoms with van der Waals surface area (Å²) in [6.07, 6.45) is 21.2. The molecular weight excluding hydrogens is 344 g/mol. The van der Waals surface area contributed by atoms with Gasteiger partial charge in [-0.05, 0) is 32.1 Å². The molecule has 0 heterocycles. The van der Waals surface area contributed by atoms with Crippen molar-refractivity contribution in [3.8, 4) is 0 Å². The van der Waals surface area contributed by atoms with E-state index in [9.17, 15) is 4.79 Å². The van der Waals surface area contributed by atoms with Gasteiger partial charge in [-0.15, -0.1) is 0 Å². The first kappa shape index (κ1) is 23.2. The van der Waals surface area contributed by atoms with Crippen molar-refractivity contribution in [3.05, 3.63) is 12.2 Å². The Hall–Kier alpha value is -0.102. The van der Waals surface area contributed by atoms with Gasteiger partial charge in [0.2, 0.25) is 0 Å². The molecule has 0 aromatic heterocycles. The predicted molar refractivity (Wildman–Crippen MR) is 87.1 cm³/mol. The monoisotopic (exact) mass is 380 g/mol. The molecule has 2 nitrogen and oxygen atoms in total. The van der Waals surface area contributed by atoms with Crippen LogP contribution in [0.5, 0.6) is 0 Å². The first-order valence-corrected chi connectivity index (χ1v) is 8.64. The predicted octanol–water partition coefficient (Wildman–Crippen LogP) is 6.11. The van der Waals surface area contributed by atoms with Crippen LogP contribution in [-0.2, 0) is 25.9 Å². The van der Waals surface area contributed by atoms with Gasteiger partial charge < -0.3 is 5.11 Å². The van der Waals surface area contributed by atoms with Crippen LogP contribution in [0.15, 0.2) is 12.2 Å². The van der Waals surface area contributed by atoms with Gasteiger partial charge in [0.1, 0.15) is 0 Å². The van der Waals surface area contributed by atoms with Crippen molar-refractivity contribution in [1.29, 1.82) is 0 Å². The summed E-state index contributed by atoms with van der Waals surface area (Å²) in [4.78, 5) is 10.3. The van der Waals surface area contributed by atoms with E-state index in [4.69, 9.17) is 5.11 Å². The van der Waals surface area contributed by atoms with E-state index < -0.39 is 5.97 Å². The number of carboxylic acid groups (broad SMARTS) is 1. The van der Waals surface area contributed by atoms with Crippen LogP contribution in [0.2, 0.25) is 0 Å². The van der Waals surface area contributed by atoms with Gasteiger partial charge in [0.25, 0.3) is 0 Å². The number of aliphatic carboxylic acids is 1. The third kappa shape index (κ3) is 22.3. The topological polar surface area (TPSA) is 37.3 Å². The van der Waals surface area contributed by atoms with Crippen LogP contribution in [-0.4, -0.2) is 11.1 Å². The molecule has 124 valence electrons. The summed E-state index contributed by atoms with van der Waals surface area (Å²) >= 11 is 0. The summed E-state index contributed by atoms with van der Waals surface area (Å²) < 4.78 is 0. The van der Waals surface area contributed by atoms with Crippen LogP contribution >= 0.6 is 0 Å². The molecule has 0 rings (SSSR count). The number of unbranched alkanes of at least 4 members (excludes halogenated alkanes) is 11. The molecule has 0 radical (unpaired) electrons. The zero-order valence-corrected chi connectivity index (χ0v) is 15.8. The maximum absolute atomic E-state index is 10.3. The van der Waals surface area contributed by atoms with Crippen LogP contribution in [0, 0.1) is 0 Å². The van der Waals surface area contributed by atoms with E-state index in [2.05, 4.69) is 19.1 Å². The number of rotatable bonds is 15.